The van der Waals surface area contributed by atoms with Gasteiger partial charge in [0.1, 0.15) is 12.3 Å². The average molecular weight is 306 g/mol. The standard InChI is InChI=1S/C15H22N4O3/c1-4-5-6-11(2)22-8-7-19-10-12(18-15(16)21)9-13(19)14(20)17-3/h4-6,9-10H,7-8H2,1-3H3,(H,17,20)(H3,16,18,21)/b5-4-,11-6+. The maximum absolute atomic E-state index is 11.8. The third-order valence-electron chi connectivity index (χ3n) is 2.81. The molecule has 120 valence electrons. The number of hydrogen-bond acceptors (Lipinski definition) is 3. The quantitative estimate of drug-likeness (QED) is 0.529. The Labute approximate surface area is 129 Å². The fourth-order valence-electron chi connectivity index (χ4n) is 1.81. The Balaban J connectivity index is 2.77. The Morgan fingerprint density at radius 3 is 2.77 bits per heavy atom. The molecule has 7 nitrogen and oxygen atoms in total. The third kappa shape index (κ3) is 5.35. The van der Waals surface area contributed by atoms with E-state index < -0.39 is 6.03 Å². The van der Waals surface area contributed by atoms with E-state index in [-0.39, 0.29) is 5.91 Å². The summed E-state index contributed by atoms with van der Waals surface area (Å²) in [6.07, 6.45) is 7.29. The SMILES string of the molecule is C/C=C\C=C(/C)OCCn1cc(NC(N)=O)cc1C(=O)NC. The van der Waals surface area contributed by atoms with Crippen LogP contribution in [0.5, 0.6) is 0 Å². The molecule has 0 saturated heterocycles. The molecular formula is C15H22N4O3. The lowest BCUT2D eigenvalue weighted by Crippen LogP contribution is -2.22. The van der Waals surface area contributed by atoms with Gasteiger partial charge < -0.3 is 25.7 Å². The fraction of sp³-hybridized carbons (Fsp3) is 0.333. The first-order valence-corrected chi connectivity index (χ1v) is 6.89. The lowest BCUT2D eigenvalue weighted by atomic mass is 10.4. The van der Waals surface area contributed by atoms with Crippen molar-refractivity contribution >= 4 is 17.6 Å². The zero-order chi connectivity index (χ0) is 16.5. The van der Waals surface area contributed by atoms with Crippen LogP contribution in [-0.4, -0.2) is 30.2 Å². The van der Waals surface area contributed by atoms with E-state index in [0.29, 0.717) is 24.5 Å². The van der Waals surface area contributed by atoms with E-state index in [1.807, 2.05) is 32.1 Å². The van der Waals surface area contributed by atoms with Crippen molar-refractivity contribution in [2.75, 3.05) is 19.0 Å². The summed E-state index contributed by atoms with van der Waals surface area (Å²) >= 11 is 0. The summed E-state index contributed by atoms with van der Waals surface area (Å²) in [6.45, 7) is 4.64. The molecule has 4 N–H and O–H groups in total. The first kappa shape index (κ1) is 17.4. The summed E-state index contributed by atoms with van der Waals surface area (Å²) < 4.78 is 7.25. The first-order chi connectivity index (χ1) is 10.5. The normalized spacial score (nSPS) is 11.5. The number of hydrogen-bond donors (Lipinski definition) is 3. The molecule has 0 bridgehead atoms. The van der Waals surface area contributed by atoms with Crippen LogP contribution in [0.15, 0.2) is 36.3 Å². The molecule has 0 aliphatic carbocycles. The average Bonchev–Trinajstić information content (AvgIpc) is 2.86. The molecule has 0 aromatic carbocycles. The number of ether oxygens (including phenoxy) is 1. The van der Waals surface area contributed by atoms with Crippen molar-refractivity contribution in [1.82, 2.24) is 9.88 Å². The number of primary amides is 1. The summed E-state index contributed by atoms with van der Waals surface area (Å²) in [5, 5.41) is 5.00. The zero-order valence-electron chi connectivity index (χ0n) is 13.1. The number of aromatic nitrogens is 1. The van der Waals surface area contributed by atoms with Crippen LogP contribution in [0.4, 0.5) is 10.5 Å². The second-order valence-electron chi connectivity index (χ2n) is 4.53. The van der Waals surface area contributed by atoms with Gasteiger partial charge in [-0.25, -0.2) is 4.79 Å². The zero-order valence-corrected chi connectivity index (χ0v) is 13.1. The molecule has 0 spiro atoms. The molecule has 1 heterocycles. The van der Waals surface area contributed by atoms with E-state index in [9.17, 15) is 9.59 Å². The summed E-state index contributed by atoms with van der Waals surface area (Å²) in [6, 6.07) is 0.883. The number of allylic oxidation sites excluding steroid dienone is 4. The Kier molecular flexibility index (Phi) is 6.75. The molecule has 0 aliphatic heterocycles. The highest BCUT2D eigenvalue weighted by molar-refractivity contribution is 5.95. The first-order valence-electron chi connectivity index (χ1n) is 6.89. The summed E-state index contributed by atoms with van der Waals surface area (Å²) in [5.74, 6) is 0.529. The van der Waals surface area contributed by atoms with Gasteiger partial charge >= 0.3 is 6.03 Å². The number of anilines is 1. The number of amides is 3. The maximum Gasteiger partial charge on any atom is 0.316 e. The Bertz CT molecular complexity index is 588. The van der Waals surface area contributed by atoms with Crippen molar-refractivity contribution in [2.24, 2.45) is 5.73 Å². The van der Waals surface area contributed by atoms with Crippen LogP contribution < -0.4 is 16.4 Å². The van der Waals surface area contributed by atoms with Crippen LogP contribution in [0.1, 0.15) is 24.3 Å². The van der Waals surface area contributed by atoms with E-state index in [2.05, 4.69) is 10.6 Å². The van der Waals surface area contributed by atoms with E-state index in [1.165, 1.54) is 0 Å². The van der Waals surface area contributed by atoms with Crippen LogP contribution in [0.3, 0.4) is 0 Å². The fourth-order valence-corrected chi connectivity index (χ4v) is 1.81. The topological polar surface area (TPSA) is 98.4 Å². The summed E-state index contributed by atoms with van der Waals surface area (Å²) in [4.78, 5) is 22.7. The lowest BCUT2D eigenvalue weighted by molar-refractivity contribution is 0.0951. The van der Waals surface area contributed by atoms with Gasteiger partial charge in [-0.3, -0.25) is 4.79 Å². The predicted octanol–water partition coefficient (Wildman–Crippen LogP) is 1.83. The van der Waals surface area contributed by atoms with Crippen LogP contribution >= 0.6 is 0 Å². The van der Waals surface area contributed by atoms with Gasteiger partial charge in [0, 0.05) is 13.2 Å². The molecule has 3 amide bonds. The minimum Gasteiger partial charge on any atom is -0.496 e. The largest absolute Gasteiger partial charge is 0.496 e. The van der Waals surface area contributed by atoms with Crippen LogP contribution in [0.25, 0.3) is 0 Å². The molecule has 0 aliphatic rings. The highest BCUT2D eigenvalue weighted by Gasteiger charge is 2.13. The van der Waals surface area contributed by atoms with Gasteiger partial charge in [-0.2, -0.15) is 0 Å². The molecule has 1 aromatic rings. The Morgan fingerprint density at radius 2 is 2.18 bits per heavy atom. The number of carbonyl (C=O) groups is 2. The van der Waals surface area contributed by atoms with Gasteiger partial charge in [0.25, 0.3) is 5.91 Å². The van der Waals surface area contributed by atoms with Crippen molar-refractivity contribution in [3.63, 3.8) is 0 Å². The molecule has 0 radical (unpaired) electrons. The van der Waals surface area contributed by atoms with Gasteiger partial charge in [0.2, 0.25) is 0 Å². The molecule has 7 heteroatoms. The highest BCUT2D eigenvalue weighted by Crippen LogP contribution is 2.14. The monoisotopic (exact) mass is 306 g/mol. The molecule has 0 saturated carbocycles. The molecule has 0 fully saturated rings. The molecule has 0 atom stereocenters. The maximum atomic E-state index is 11.8. The third-order valence-corrected chi connectivity index (χ3v) is 2.81. The molecule has 1 rings (SSSR count). The van der Waals surface area contributed by atoms with Crippen LogP contribution in [0.2, 0.25) is 0 Å². The Morgan fingerprint density at radius 1 is 1.45 bits per heavy atom. The predicted molar refractivity (Wildman–Crippen MR) is 85.6 cm³/mol. The van der Waals surface area contributed by atoms with Gasteiger partial charge in [-0.1, -0.05) is 12.2 Å². The molecule has 0 unspecified atom stereocenters. The van der Waals surface area contributed by atoms with Gasteiger partial charge in [-0.15, -0.1) is 0 Å². The van der Waals surface area contributed by atoms with Crippen molar-refractivity contribution in [3.8, 4) is 0 Å². The molecule has 22 heavy (non-hydrogen) atoms. The van der Waals surface area contributed by atoms with E-state index in [1.54, 1.807) is 23.9 Å². The highest BCUT2D eigenvalue weighted by atomic mass is 16.5. The van der Waals surface area contributed by atoms with E-state index in [0.717, 1.165) is 5.76 Å². The molecular weight excluding hydrogens is 284 g/mol. The number of nitrogens with one attached hydrogen (secondary N) is 2. The van der Waals surface area contributed by atoms with Crippen molar-refractivity contribution < 1.29 is 14.3 Å². The molecule has 1 aromatic heterocycles. The number of carbonyl (C=O) groups excluding carboxylic acids is 2. The van der Waals surface area contributed by atoms with Crippen LogP contribution in [0, 0.1) is 0 Å². The minimum atomic E-state index is -0.679. The number of rotatable bonds is 7. The number of urea groups is 1. The van der Waals surface area contributed by atoms with E-state index >= 15 is 0 Å². The van der Waals surface area contributed by atoms with Gasteiger partial charge in [0.15, 0.2) is 0 Å². The van der Waals surface area contributed by atoms with Crippen molar-refractivity contribution in [2.45, 2.75) is 20.4 Å². The van der Waals surface area contributed by atoms with Crippen LogP contribution in [-0.2, 0) is 11.3 Å². The smallest absolute Gasteiger partial charge is 0.316 e. The summed E-state index contributed by atoms with van der Waals surface area (Å²) in [7, 11) is 1.54. The second kappa shape index (κ2) is 8.56. The second-order valence-corrected chi connectivity index (χ2v) is 4.53. The Hall–Kier alpha value is -2.70. The van der Waals surface area contributed by atoms with E-state index in [4.69, 9.17) is 10.5 Å². The minimum absolute atomic E-state index is 0.251. The summed E-state index contributed by atoms with van der Waals surface area (Å²) in [5.41, 5.74) is 5.97. The van der Waals surface area contributed by atoms with Crippen molar-refractivity contribution in [3.05, 3.63) is 41.9 Å². The number of nitrogens with two attached hydrogens (primary N) is 1. The number of nitrogens with zero attached hydrogens (tertiary/aromatic N) is 1. The van der Waals surface area contributed by atoms with Crippen molar-refractivity contribution in [1.29, 1.82) is 0 Å². The van der Waals surface area contributed by atoms with Gasteiger partial charge in [-0.05, 0) is 26.0 Å². The lowest BCUT2D eigenvalue weighted by Gasteiger charge is -2.09. The van der Waals surface area contributed by atoms with Gasteiger partial charge in [0.05, 0.1) is 18.0 Å².